The molecule has 12 aromatic carbocycles. The number of rotatable bonds is 10. The number of benzene rings is 12. The van der Waals surface area contributed by atoms with Crippen LogP contribution < -0.4 is 20.7 Å². The maximum atomic E-state index is 10.2. The Hall–Kier alpha value is -9.54. The third-order valence-corrected chi connectivity index (χ3v) is 18.1. The smallest absolute Gasteiger partial charge is 0.179 e. The summed E-state index contributed by atoms with van der Waals surface area (Å²) in [4.78, 5) is 0. The van der Waals surface area contributed by atoms with Crippen molar-refractivity contribution in [3.05, 3.63) is 303 Å². The molecule has 0 aliphatic carbocycles. The van der Waals surface area contributed by atoms with Crippen molar-refractivity contribution >= 4 is 72.4 Å². The predicted octanol–water partition coefficient (Wildman–Crippen LogP) is 15.9. The Morgan fingerprint density at radius 2 is 0.640 bits per heavy atom. The molecule has 0 saturated heterocycles. The van der Waals surface area contributed by atoms with Gasteiger partial charge in [0.25, 0.3) is 0 Å². The fraction of sp³-hybridized carbons (Fsp3) is 0. The second-order valence-electron chi connectivity index (χ2n) is 17.5. The summed E-state index contributed by atoms with van der Waals surface area (Å²) in [6.07, 6.45) is 0. The first-order valence-electron chi connectivity index (χ1n) is 37.2. The summed E-state index contributed by atoms with van der Waals surface area (Å²) in [6.45, 7) is 0. The molecule has 75 heavy (non-hydrogen) atoms. The van der Waals surface area contributed by atoms with Crippen LogP contribution in [0.4, 0.5) is 0 Å². The molecular weight excluding hydrogens is 921 g/mol. The second-order valence-corrected chi connectivity index (χ2v) is 21.3. The highest BCUT2D eigenvalue weighted by molar-refractivity contribution is 7.19. The van der Waals surface area contributed by atoms with Crippen LogP contribution in [0.25, 0.3) is 99.5 Å². The first kappa shape index (κ1) is 24.5. The molecular formula is C72H50N2Si. The molecule has 2 nitrogen and oxygen atoms in total. The van der Waals surface area contributed by atoms with Gasteiger partial charge in [0.15, 0.2) is 8.07 Å². The van der Waals surface area contributed by atoms with Crippen molar-refractivity contribution in [1.29, 1.82) is 0 Å². The fourth-order valence-corrected chi connectivity index (χ4v) is 14.9. The highest BCUT2D eigenvalue weighted by Gasteiger charge is 2.41. The van der Waals surface area contributed by atoms with Gasteiger partial charge in [0, 0.05) is 32.9 Å². The van der Waals surface area contributed by atoms with Crippen LogP contribution in [0.3, 0.4) is 0 Å². The molecule has 3 heteroatoms. The molecule has 14 rings (SSSR count). The molecule has 14 aromatic rings. The third-order valence-electron chi connectivity index (χ3n) is 13.4. The molecule has 0 aliphatic heterocycles. The highest BCUT2D eigenvalue weighted by Crippen LogP contribution is 2.39. The zero-order chi connectivity index (χ0) is 73.2. The molecule has 0 saturated carbocycles. The highest BCUT2D eigenvalue weighted by atomic mass is 28.3. The van der Waals surface area contributed by atoms with Crippen LogP contribution in [0.1, 0.15) is 37.0 Å². The van der Waals surface area contributed by atoms with Crippen LogP contribution in [-0.2, 0) is 0 Å². The zero-order valence-corrected chi connectivity index (χ0v) is 40.2. The Morgan fingerprint density at radius 1 is 0.253 bits per heavy atom. The van der Waals surface area contributed by atoms with Crippen LogP contribution in [0, 0.1) is 0 Å². The van der Waals surface area contributed by atoms with Crippen LogP contribution in [0.2, 0.25) is 0 Å². The lowest BCUT2D eigenvalue weighted by atomic mass is 9.97. The minimum Gasteiger partial charge on any atom is -0.309 e. The summed E-state index contributed by atoms with van der Waals surface area (Å²) in [5.41, 5.74) is -5.67. The van der Waals surface area contributed by atoms with Gasteiger partial charge in [-0.25, -0.2) is 0 Å². The normalized spacial score (nSPS) is 16.8. The second kappa shape index (κ2) is 18.5. The van der Waals surface area contributed by atoms with Crippen molar-refractivity contribution in [3.63, 3.8) is 0 Å². The molecule has 0 atom stereocenters. The zero-order valence-electron chi connectivity index (χ0n) is 66.2. The lowest BCUT2D eigenvalue weighted by Crippen LogP contribution is -2.74. The van der Waals surface area contributed by atoms with Gasteiger partial charge in [-0.2, -0.15) is 0 Å². The molecule has 0 fully saturated rings. The van der Waals surface area contributed by atoms with E-state index in [2.05, 4.69) is 0 Å². The number of fused-ring (bicyclic) bond motifs is 6. The van der Waals surface area contributed by atoms with Gasteiger partial charge in [0.1, 0.15) is 0 Å². The van der Waals surface area contributed by atoms with Crippen LogP contribution in [0.15, 0.2) is 303 Å². The Labute approximate surface area is 476 Å². The maximum Gasteiger partial charge on any atom is 0.179 e. The molecule has 0 spiro atoms. The number of nitrogens with zero attached hydrogens (tertiary/aromatic N) is 2. The number of aromatic nitrogens is 2. The van der Waals surface area contributed by atoms with Gasteiger partial charge in [0.2, 0.25) is 0 Å². The van der Waals surface area contributed by atoms with Gasteiger partial charge in [-0.05, 0) is 138 Å². The Morgan fingerprint density at radius 3 is 1.16 bits per heavy atom. The van der Waals surface area contributed by atoms with E-state index >= 15 is 0 Å². The molecule has 0 N–H and O–H groups in total. The van der Waals surface area contributed by atoms with E-state index in [4.69, 9.17) is 16.4 Å². The van der Waals surface area contributed by atoms with Crippen LogP contribution in [0.5, 0.6) is 0 Å². The minimum atomic E-state index is -3.35. The lowest BCUT2D eigenvalue weighted by Gasteiger charge is -2.34. The summed E-state index contributed by atoms with van der Waals surface area (Å²) in [5, 5.41) is 2.28. The third kappa shape index (κ3) is 7.55. The maximum absolute atomic E-state index is 10.2. The lowest BCUT2D eigenvalue weighted by molar-refractivity contribution is 1.18. The molecule has 0 aliphatic rings. The Kier molecular flexibility index (Phi) is 6.03. The first-order valence-corrected chi connectivity index (χ1v) is 25.7. The monoisotopic (exact) mass is 998 g/mol. The van der Waals surface area contributed by atoms with Crippen molar-refractivity contribution in [2.75, 3.05) is 0 Å². The summed E-state index contributed by atoms with van der Waals surface area (Å²) < 4.78 is 253. The fourth-order valence-electron chi connectivity index (χ4n) is 10.1. The van der Waals surface area contributed by atoms with Crippen LogP contribution >= 0.6 is 0 Å². The number of hydrogen-bond acceptors (Lipinski definition) is 0. The molecule has 0 unspecified atom stereocenters. The molecule has 0 bridgehead atoms. The van der Waals surface area contributed by atoms with E-state index in [0.29, 0.717) is 0 Å². The topological polar surface area (TPSA) is 9.86 Å². The largest absolute Gasteiger partial charge is 0.309 e. The van der Waals surface area contributed by atoms with Crippen molar-refractivity contribution in [3.8, 4) is 55.9 Å². The number of hydrogen-bond donors (Lipinski definition) is 0. The molecule has 0 amide bonds. The average Bonchev–Trinajstić information content (AvgIpc) is 1.52. The van der Waals surface area contributed by atoms with Crippen molar-refractivity contribution in [1.82, 2.24) is 9.13 Å². The van der Waals surface area contributed by atoms with Crippen molar-refractivity contribution < 1.29 is 37.0 Å². The van der Waals surface area contributed by atoms with E-state index in [-0.39, 0.29) is 44.3 Å². The summed E-state index contributed by atoms with van der Waals surface area (Å²) >= 11 is 0. The van der Waals surface area contributed by atoms with Gasteiger partial charge in [-0.3, -0.25) is 0 Å². The van der Waals surface area contributed by atoms with E-state index in [1.54, 1.807) is 12.1 Å². The van der Waals surface area contributed by atoms with Gasteiger partial charge in [0.05, 0.1) is 59.1 Å². The summed E-state index contributed by atoms with van der Waals surface area (Å²) in [7, 11) is -3.35. The summed E-state index contributed by atoms with van der Waals surface area (Å²) in [6, 6.07) is 21.0. The van der Waals surface area contributed by atoms with E-state index in [1.807, 2.05) is 103 Å². The van der Waals surface area contributed by atoms with Crippen LogP contribution in [-0.4, -0.2) is 17.2 Å². The minimum absolute atomic E-state index is 0.0887. The van der Waals surface area contributed by atoms with Gasteiger partial charge >= 0.3 is 0 Å². The standard InChI is InChI=1S/C72H50N2Si/c1-5-21-51(22-6-1)52-23-17-24-53(45-52)56-27-19-28-59(47-56)73-69-39-15-13-37-65(69)67-48-57(41-43-71(67)73)54-25-18-26-55(46-54)58-42-44-72-68(49-58)66-38-14-16-40-70(66)74(72)60-29-20-36-64(50-60)75(61-30-7-2-8-31-61,62-32-9-3-10-33-62)63-34-11-4-12-35-63/h1-50H/i1D,5D,6D,13D,14D,15D,16D,17D,18D,21D,22D,23D,24D,25D,26D,37D,38D,39D,40D,41D,42D,43D,44D,45D,46D,48D,49D. The molecule has 2 aromatic heterocycles. The molecule has 352 valence electrons. The van der Waals surface area contributed by atoms with Gasteiger partial charge in [-0.15, -0.1) is 0 Å². The van der Waals surface area contributed by atoms with Crippen molar-refractivity contribution in [2.24, 2.45) is 0 Å². The molecule has 0 radical (unpaired) electrons. The number of para-hydroxylation sites is 2. The van der Waals surface area contributed by atoms with Gasteiger partial charge in [-0.1, -0.05) is 230 Å². The van der Waals surface area contributed by atoms with E-state index < -0.39 is 226 Å². The quantitative estimate of drug-likeness (QED) is 0.0954. The van der Waals surface area contributed by atoms with E-state index in [0.717, 1.165) is 25.3 Å². The first-order chi connectivity index (χ1) is 48.5. The van der Waals surface area contributed by atoms with E-state index in [1.165, 1.54) is 28.8 Å². The average molecular weight is 998 g/mol. The Balaban J connectivity index is 1.02. The van der Waals surface area contributed by atoms with E-state index in [9.17, 15) is 20.6 Å². The molecule has 2 heterocycles. The predicted molar refractivity (Wildman–Crippen MR) is 320 cm³/mol. The van der Waals surface area contributed by atoms with Crippen molar-refractivity contribution in [2.45, 2.75) is 0 Å². The van der Waals surface area contributed by atoms with Gasteiger partial charge < -0.3 is 9.13 Å². The summed E-state index contributed by atoms with van der Waals surface area (Å²) in [5.74, 6) is 0. The SMILES string of the molecule is [2H]c1c([2H])c([2H])c(-c2c([2H])c([2H])c([2H])c(-c3cccc(-n4c5c([2H])c([2H])c([2H])c([2H])c5c5c([2H])c(-c6c([2H])c([2H])c([2H])c(-c7c([2H])c([2H])c8c(c7[2H])c7c([2H])c([2H])c([2H])c([2H])c7n8-c7cccc([Si](c8ccccc8)(c8ccccc8)c8ccccc8)c7)c6[2H])c([2H])c([2H])c54)c3)c2[2H])c([2H])c1[2H]. The Bertz CT molecular complexity index is 5910.